The van der Waals surface area contributed by atoms with Crippen LogP contribution < -0.4 is 11.2 Å². The van der Waals surface area contributed by atoms with Crippen molar-refractivity contribution in [3.63, 3.8) is 0 Å². The Balaban J connectivity index is 0.00000243. The van der Waals surface area contributed by atoms with Gasteiger partial charge in [-0.3, -0.25) is 5.41 Å². The second kappa shape index (κ2) is 7.41. The molecule has 1 aromatic heterocycles. The molecule has 2 aromatic rings. The van der Waals surface area contributed by atoms with Crippen LogP contribution in [0.1, 0.15) is 40.4 Å². The first-order chi connectivity index (χ1) is 11.8. The minimum Gasteiger partial charge on any atom is -0.468 e. The smallest absolute Gasteiger partial charge is 0.420 e. The van der Waals surface area contributed by atoms with Gasteiger partial charge < -0.3 is 10.2 Å². The first-order valence-electron chi connectivity index (χ1n) is 7.67. The summed E-state index contributed by atoms with van der Waals surface area (Å²) in [7, 11) is 0. The summed E-state index contributed by atoms with van der Waals surface area (Å²) >= 11 is 0. The number of hydrogen-bond acceptors (Lipinski definition) is 3. The van der Waals surface area contributed by atoms with Gasteiger partial charge in [-0.15, -0.1) is 12.4 Å². The average molecular weight is 387 g/mol. The lowest BCUT2D eigenvalue weighted by Gasteiger charge is -2.25. The number of nitrogens with one attached hydrogen (secondary N) is 2. The van der Waals surface area contributed by atoms with E-state index in [0.717, 1.165) is 17.4 Å². The van der Waals surface area contributed by atoms with E-state index in [-0.39, 0.29) is 35.4 Å². The van der Waals surface area contributed by atoms with Crippen LogP contribution in [0.2, 0.25) is 0 Å². The predicted molar refractivity (Wildman–Crippen MR) is 94.8 cm³/mol. The van der Waals surface area contributed by atoms with Gasteiger partial charge in [-0.25, -0.2) is 5.43 Å². The van der Waals surface area contributed by atoms with Crippen LogP contribution in [0.15, 0.2) is 40.0 Å². The van der Waals surface area contributed by atoms with E-state index < -0.39 is 17.7 Å². The first-order valence-corrected chi connectivity index (χ1v) is 7.67. The van der Waals surface area contributed by atoms with Crippen LogP contribution >= 0.6 is 12.4 Å². The van der Waals surface area contributed by atoms with Gasteiger partial charge in [0.25, 0.3) is 0 Å². The molecule has 0 fully saturated rings. The third-order valence-electron chi connectivity index (χ3n) is 4.27. The zero-order chi connectivity index (χ0) is 18.2. The minimum absolute atomic E-state index is 0. The van der Waals surface area contributed by atoms with Gasteiger partial charge in [0.2, 0.25) is 5.96 Å². The van der Waals surface area contributed by atoms with Gasteiger partial charge in [0, 0.05) is 6.42 Å². The molecule has 0 spiro atoms. The van der Waals surface area contributed by atoms with Crippen molar-refractivity contribution in [3.8, 4) is 0 Å². The van der Waals surface area contributed by atoms with E-state index in [1.165, 1.54) is 0 Å². The second-order valence-corrected chi connectivity index (χ2v) is 5.99. The van der Waals surface area contributed by atoms with Gasteiger partial charge in [-0.1, -0.05) is 24.3 Å². The molecular weight excluding hydrogens is 369 g/mol. The number of rotatable bonds is 2. The van der Waals surface area contributed by atoms with Gasteiger partial charge in [-0.2, -0.15) is 18.3 Å². The number of hydrogen-bond donors (Lipinski definition) is 3. The third kappa shape index (κ3) is 3.85. The van der Waals surface area contributed by atoms with E-state index in [4.69, 9.17) is 15.6 Å². The molecule has 1 unspecified atom stereocenters. The SMILES string of the molecule is Cc1ccccc1C1CC(=NNC(=N)N)c2c(C(F)(F)F)coc2C1.Cl. The molecule has 26 heavy (non-hydrogen) atoms. The fraction of sp³-hybridized carbons (Fsp3) is 0.294. The van der Waals surface area contributed by atoms with E-state index in [9.17, 15) is 13.2 Å². The molecule has 140 valence electrons. The van der Waals surface area contributed by atoms with Gasteiger partial charge in [0.15, 0.2) is 0 Å². The van der Waals surface area contributed by atoms with Gasteiger partial charge in [0.1, 0.15) is 17.6 Å². The van der Waals surface area contributed by atoms with E-state index in [2.05, 4.69) is 10.5 Å². The zero-order valence-corrected chi connectivity index (χ0v) is 14.7. The standard InChI is InChI=1S/C17H17F3N4O.ClH/c1-9-4-2-3-5-11(9)10-6-13(23-24-16(21)22)15-12(17(18,19)20)8-25-14(15)7-10;/h2-5,8,10H,6-7H2,1H3,(H4,21,22,24);1H. The fourth-order valence-corrected chi connectivity index (χ4v) is 3.20. The summed E-state index contributed by atoms with van der Waals surface area (Å²) in [5.41, 5.74) is 8.84. The summed E-state index contributed by atoms with van der Waals surface area (Å²) < 4.78 is 45.0. The Morgan fingerprint density at radius 3 is 2.62 bits per heavy atom. The number of furan rings is 1. The monoisotopic (exact) mass is 386 g/mol. The quantitative estimate of drug-likeness (QED) is 0.415. The van der Waals surface area contributed by atoms with E-state index >= 15 is 0 Å². The molecule has 1 aliphatic carbocycles. The Labute approximate surface area is 154 Å². The average Bonchev–Trinajstić information content (AvgIpc) is 2.97. The largest absolute Gasteiger partial charge is 0.468 e. The lowest BCUT2D eigenvalue weighted by atomic mass is 9.80. The molecule has 3 rings (SSSR count). The number of benzene rings is 1. The number of hydrazone groups is 1. The lowest BCUT2D eigenvalue weighted by Crippen LogP contribution is -2.29. The fourth-order valence-electron chi connectivity index (χ4n) is 3.20. The first kappa shape index (κ1) is 19.8. The molecule has 1 aromatic carbocycles. The van der Waals surface area contributed by atoms with Crippen molar-refractivity contribution in [2.75, 3.05) is 0 Å². The molecule has 0 amide bonds. The highest BCUT2D eigenvalue weighted by atomic mass is 35.5. The van der Waals surface area contributed by atoms with E-state index in [0.29, 0.717) is 12.8 Å². The number of guanidine groups is 1. The number of alkyl halides is 3. The molecule has 1 aliphatic rings. The van der Waals surface area contributed by atoms with Crippen LogP contribution in [0.25, 0.3) is 0 Å². The molecular formula is C17H18ClF3N4O. The number of aryl methyl sites for hydroxylation is 1. The molecule has 0 radical (unpaired) electrons. The number of nitrogens with two attached hydrogens (primary N) is 1. The molecule has 5 nitrogen and oxygen atoms in total. The highest BCUT2D eigenvalue weighted by Crippen LogP contribution is 2.41. The Bertz CT molecular complexity index is 845. The number of nitrogens with zero attached hydrogens (tertiary/aromatic N) is 1. The Morgan fingerprint density at radius 2 is 2.00 bits per heavy atom. The third-order valence-corrected chi connectivity index (χ3v) is 4.27. The lowest BCUT2D eigenvalue weighted by molar-refractivity contribution is -0.138. The molecule has 1 atom stereocenters. The van der Waals surface area contributed by atoms with Crippen molar-refractivity contribution in [2.45, 2.75) is 31.9 Å². The van der Waals surface area contributed by atoms with Crippen LogP contribution in [-0.4, -0.2) is 11.7 Å². The van der Waals surface area contributed by atoms with Crippen molar-refractivity contribution < 1.29 is 17.6 Å². The molecule has 1 heterocycles. The molecule has 0 bridgehead atoms. The Morgan fingerprint density at radius 1 is 1.31 bits per heavy atom. The van der Waals surface area contributed by atoms with Crippen molar-refractivity contribution >= 4 is 24.1 Å². The van der Waals surface area contributed by atoms with Crippen molar-refractivity contribution in [1.82, 2.24) is 5.43 Å². The summed E-state index contributed by atoms with van der Waals surface area (Å²) in [4.78, 5) is 0. The summed E-state index contributed by atoms with van der Waals surface area (Å²) in [6.45, 7) is 1.96. The van der Waals surface area contributed by atoms with E-state index in [1.54, 1.807) is 0 Å². The van der Waals surface area contributed by atoms with Crippen LogP contribution in [0, 0.1) is 12.3 Å². The molecule has 0 saturated heterocycles. The zero-order valence-electron chi connectivity index (χ0n) is 13.9. The second-order valence-electron chi connectivity index (χ2n) is 5.99. The van der Waals surface area contributed by atoms with Crippen molar-refractivity contribution in [2.24, 2.45) is 10.8 Å². The summed E-state index contributed by atoms with van der Waals surface area (Å²) in [6, 6.07) is 7.72. The van der Waals surface area contributed by atoms with Gasteiger partial charge in [0.05, 0.1) is 11.3 Å². The topological polar surface area (TPSA) is 87.4 Å². The van der Waals surface area contributed by atoms with Crippen molar-refractivity contribution in [1.29, 1.82) is 5.41 Å². The summed E-state index contributed by atoms with van der Waals surface area (Å²) in [5.74, 6) is -0.256. The molecule has 0 saturated carbocycles. The maximum Gasteiger partial charge on any atom is 0.420 e. The van der Waals surface area contributed by atoms with Crippen LogP contribution in [0.4, 0.5) is 13.2 Å². The maximum atomic E-state index is 13.3. The van der Waals surface area contributed by atoms with Crippen LogP contribution in [0.5, 0.6) is 0 Å². The Hall–Kier alpha value is -2.48. The molecule has 9 heteroatoms. The summed E-state index contributed by atoms with van der Waals surface area (Å²) in [6.07, 6.45) is -3.16. The van der Waals surface area contributed by atoms with Crippen LogP contribution in [0.3, 0.4) is 0 Å². The molecule has 0 aliphatic heterocycles. The van der Waals surface area contributed by atoms with Gasteiger partial charge >= 0.3 is 6.18 Å². The normalized spacial score (nSPS) is 18.2. The molecule has 4 N–H and O–H groups in total. The number of halogens is 4. The summed E-state index contributed by atoms with van der Waals surface area (Å²) in [5, 5.41) is 11.1. The Kier molecular flexibility index (Phi) is 5.65. The highest BCUT2D eigenvalue weighted by Gasteiger charge is 2.41. The van der Waals surface area contributed by atoms with Crippen molar-refractivity contribution in [3.05, 3.63) is 58.5 Å². The van der Waals surface area contributed by atoms with Gasteiger partial charge in [-0.05, 0) is 30.4 Å². The predicted octanol–water partition coefficient (Wildman–Crippen LogP) is 3.95. The maximum absolute atomic E-state index is 13.3. The minimum atomic E-state index is -4.54. The van der Waals surface area contributed by atoms with E-state index in [1.807, 2.05) is 31.2 Å². The number of fused-ring (bicyclic) bond motifs is 1. The van der Waals surface area contributed by atoms with Crippen LogP contribution in [-0.2, 0) is 12.6 Å². The highest BCUT2D eigenvalue weighted by molar-refractivity contribution is 6.04.